The molecule has 3 rings (SSSR count). The zero-order valence-corrected chi connectivity index (χ0v) is 15.9. The average Bonchev–Trinajstić information content (AvgIpc) is 3.36. The normalized spacial score (nSPS) is 22.6. The summed E-state index contributed by atoms with van der Waals surface area (Å²) in [5, 5.41) is 2.89. The molecule has 1 N–H and O–H groups in total. The van der Waals surface area contributed by atoms with Gasteiger partial charge in [0, 0.05) is 19.6 Å². The highest BCUT2D eigenvalue weighted by atomic mass is 32.2. The lowest BCUT2D eigenvalue weighted by Crippen LogP contribution is -2.48. The number of carbonyl (C=O) groups excluding carboxylic acids is 2. The van der Waals surface area contributed by atoms with Crippen molar-refractivity contribution in [3.63, 3.8) is 0 Å². The lowest BCUT2D eigenvalue weighted by Gasteiger charge is -2.27. The third kappa shape index (κ3) is 4.09. The van der Waals surface area contributed by atoms with Crippen LogP contribution in [0.1, 0.15) is 31.2 Å². The number of amides is 2. The van der Waals surface area contributed by atoms with Gasteiger partial charge < -0.3 is 10.2 Å². The van der Waals surface area contributed by atoms with Crippen molar-refractivity contribution in [2.75, 3.05) is 25.1 Å². The van der Waals surface area contributed by atoms with Crippen LogP contribution < -0.4 is 5.32 Å². The second-order valence-corrected chi connectivity index (χ2v) is 9.63. The van der Waals surface area contributed by atoms with E-state index in [-0.39, 0.29) is 29.4 Å². The Labute approximate surface area is 154 Å². The molecule has 1 aromatic rings. The van der Waals surface area contributed by atoms with Gasteiger partial charge in [-0.1, -0.05) is 30.3 Å². The summed E-state index contributed by atoms with van der Waals surface area (Å²) in [6.45, 7) is 0.532. The molecule has 0 aromatic heterocycles. The van der Waals surface area contributed by atoms with E-state index in [0.717, 1.165) is 12.8 Å². The fourth-order valence-corrected chi connectivity index (χ4v) is 5.33. The molecule has 1 saturated heterocycles. The summed E-state index contributed by atoms with van der Waals surface area (Å²) in [5.41, 5.74) is 0.245. The first-order valence-electron chi connectivity index (χ1n) is 9.14. The first-order valence-corrected chi connectivity index (χ1v) is 11.0. The monoisotopic (exact) mass is 378 g/mol. The Morgan fingerprint density at radius 3 is 2.50 bits per heavy atom. The molecule has 1 heterocycles. The van der Waals surface area contributed by atoms with Crippen molar-refractivity contribution in [1.29, 1.82) is 0 Å². The van der Waals surface area contributed by atoms with Crippen LogP contribution in [0.5, 0.6) is 0 Å². The molecule has 2 aliphatic rings. The van der Waals surface area contributed by atoms with Crippen molar-refractivity contribution < 1.29 is 18.0 Å². The van der Waals surface area contributed by atoms with E-state index in [0.29, 0.717) is 25.8 Å². The number of benzene rings is 1. The smallest absolute Gasteiger partial charge is 0.238 e. The van der Waals surface area contributed by atoms with E-state index < -0.39 is 15.3 Å². The van der Waals surface area contributed by atoms with Crippen LogP contribution in [0, 0.1) is 5.41 Å². The Bertz CT molecular complexity index is 772. The van der Waals surface area contributed by atoms with Gasteiger partial charge in [0.15, 0.2) is 9.84 Å². The van der Waals surface area contributed by atoms with E-state index in [2.05, 4.69) is 17.4 Å². The molecule has 7 heteroatoms. The number of hydrogen-bond donors (Lipinski definition) is 1. The van der Waals surface area contributed by atoms with Crippen molar-refractivity contribution in [3.05, 3.63) is 35.9 Å². The Morgan fingerprint density at radius 2 is 1.92 bits per heavy atom. The van der Waals surface area contributed by atoms with Crippen LogP contribution >= 0.6 is 0 Å². The SMILES string of the molecule is CN(C(=O)C1(C(=O)NCCCc2ccccc2)CC1)C1CCS(=O)(=O)C1. The van der Waals surface area contributed by atoms with Crippen LogP contribution in [0.3, 0.4) is 0 Å². The minimum absolute atomic E-state index is 0.00398. The Morgan fingerprint density at radius 1 is 1.23 bits per heavy atom. The highest BCUT2D eigenvalue weighted by molar-refractivity contribution is 7.91. The second-order valence-electron chi connectivity index (χ2n) is 7.40. The molecule has 2 fully saturated rings. The van der Waals surface area contributed by atoms with Crippen molar-refractivity contribution in [1.82, 2.24) is 10.2 Å². The van der Waals surface area contributed by atoms with Crippen LogP contribution in [-0.4, -0.2) is 56.3 Å². The topological polar surface area (TPSA) is 83.6 Å². The third-order valence-corrected chi connectivity index (χ3v) is 7.19. The van der Waals surface area contributed by atoms with Crippen LogP contribution in [-0.2, 0) is 25.8 Å². The predicted octanol–water partition coefficient (Wildman–Crippen LogP) is 1.16. The van der Waals surface area contributed by atoms with Gasteiger partial charge >= 0.3 is 0 Å². The van der Waals surface area contributed by atoms with Gasteiger partial charge in [-0.15, -0.1) is 0 Å². The van der Waals surface area contributed by atoms with Gasteiger partial charge in [0.1, 0.15) is 5.41 Å². The predicted molar refractivity (Wildman–Crippen MR) is 99.3 cm³/mol. The van der Waals surface area contributed by atoms with Crippen LogP contribution in [0.25, 0.3) is 0 Å². The lowest BCUT2D eigenvalue weighted by molar-refractivity contribution is -0.144. The highest BCUT2D eigenvalue weighted by Crippen LogP contribution is 2.47. The van der Waals surface area contributed by atoms with E-state index >= 15 is 0 Å². The molecule has 0 radical (unpaired) electrons. The van der Waals surface area contributed by atoms with Gasteiger partial charge in [0.05, 0.1) is 11.5 Å². The van der Waals surface area contributed by atoms with Crippen molar-refractivity contribution in [2.45, 2.75) is 38.1 Å². The van der Waals surface area contributed by atoms with Crippen molar-refractivity contribution >= 4 is 21.7 Å². The molecule has 142 valence electrons. The molecule has 1 aromatic carbocycles. The summed E-state index contributed by atoms with van der Waals surface area (Å²) >= 11 is 0. The Hall–Kier alpha value is -1.89. The molecule has 1 unspecified atom stereocenters. The number of sulfone groups is 1. The fourth-order valence-electron chi connectivity index (χ4n) is 3.56. The molecule has 1 aliphatic carbocycles. The van der Waals surface area contributed by atoms with Gasteiger partial charge in [0.2, 0.25) is 11.8 Å². The molecule has 1 atom stereocenters. The first kappa shape index (κ1) is 18.9. The maximum atomic E-state index is 12.8. The van der Waals surface area contributed by atoms with Gasteiger partial charge in [-0.05, 0) is 37.7 Å². The molecule has 0 spiro atoms. The van der Waals surface area contributed by atoms with E-state index in [1.54, 1.807) is 7.05 Å². The van der Waals surface area contributed by atoms with Crippen LogP contribution in [0.4, 0.5) is 0 Å². The summed E-state index contributed by atoms with van der Waals surface area (Å²) in [5.74, 6) is -0.332. The highest BCUT2D eigenvalue weighted by Gasteiger charge is 2.58. The molecular weight excluding hydrogens is 352 g/mol. The minimum atomic E-state index is -3.06. The second kappa shape index (κ2) is 7.39. The number of nitrogens with one attached hydrogen (secondary N) is 1. The summed E-state index contributed by atoms with van der Waals surface area (Å²) < 4.78 is 23.3. The Kier molecular flexibility index (Phi) is 5.37. The lowest BCUT2D eigenvalue weighted by atomic mass is 10.0. The van der Waals surface area contributed by atoms with Gasteiger partial charge in [-0.2, -0.15) is 0 Å². The molecule has 0 bridgehead atoms. The number of carbonyl (C=O) groups is 2. The van der Waals surface area contributed by atoms with Crippen LogP contribution in [0.2, 0.25) is 0 Å². The largest absolute Gasteiger partial charge is 0.355 e. The maximum Gasteiger partial charge on any atom is 0.238 e. The number of aryl methyl sites for hydroxylation is 1. The number of hydrogen-bond acceptors (Lipinski definition) is 4. The van der Waals surface area contributed by atoms with Crippen molar-refractivity contribution in [3.8, 4) is 0 Å². The standard InChI is InChI=1S/C19H26N2O4S/c1-21(16-9-13-26(24,25)14-16)18(23)19(10-11-19)17(22)20-12-5-8-15-6-3-2-4-7-15/h2-4,6-7,16H,5,8-14H2,1H3,(H,20,22). The van der Waals surface area contributed by atoms with Gasteiger partial charge in [-0.3, -0.25) is 9.59 Å². The third-order valence-electron chi connectivity index (χ3n) is 5.44. The van der Waals surface area contributed by atoms with E-state index in [9.17, 15) is 18.0 Å². The molecule has 1 saturated carbocycles. The zero-order chi connectivity index (χ0) is 18.8. The molecular formula is C19H26N2O4S. The van der Waals surface area contributed by atoms with Crippen molar-refractivity contribution in [2.24, 2.45) is 5.41 Å². The quantitative estimate of drug-likeness (QED) is 0.570. The number of nitrogens with zero attached hydrogens (tertiary/aromatic N) is 1. The average molecular weight is 378 g/mol. The fraction of sp³-hybridized carbons (Fsp3) is 0.579. The summed E-state index contributed by atoms with van der Waals surface area (Å²) in [4.78, 5) is 26.8. The van der Waals surface area contributed by atoms with Gasteiger partial charge in [0.25, 0.3) is 0 Å². The summed E-state index contributed by atoms with van der Waals surface area (Å²) in [6.07, 6.45) is 3.23. The molecule has 1 aliphatic heterocycles. The van der Waals surface area contributed by atoms with E-state index in [4.69, 9.17) is 0 Å². The maximum absolute atomic E-state index is 12.8. The molecule has 26 heavy (non-hydrogen) atoms. The minimum Gasteiger partial charge on any atom is -0.355 e. The zero-order valence-electron chi connectivity index (χ0n) is 15.1. The summed E-state index contributed by atoms with van der Waals surface area (Å²) in [7, 11) is -1.44. The van der Waals surface area contributed by atoms with Gasteiger partial charge in [-0.25, -0.2) is 8.42 Å². The molecule has 2 amide bonds. The van der Waals surface area contributed by atoms with E-state index in [1.807, 2.05) is 18.2 Å². The van der Waals surface area contributed by atoms with Crippen LogP contribution in [0.15, 0.2) is 30.3 Å². The number of rotatable bonds is 7. The first-order chi connectivity index (χ1) is 12.3. The Balaban J connectivity index is 1.49. The summed E-state index contributed by atoms with van der Waals surface area (Å²) in [6, 6.07) is 9.75. The molecule has 6 nitrogen and oxygen atoms in total. The van der Waals surface area contributed by atoms with E-state index in [1.165, 1.54) is 10.5 Å².